The van der Waals surface area contributed by atoms with Crippen LogP contribution in [0.15, 0.2) is 30.3 Å². The Balaban J connectivity index is 1.89. The van der Waals surface area contributed by atoms with Crippen LogP contribution in [0.2, 0.25) is 0 Å². The molecule has 1 aliphatic heterocycles. The van der Waals surface area contributed by atoms with Crippen molar-refractivity contribution >= 4 is 21.9 Å². The minimum absolute atomic E-state index is 0.0199. The van der Waals surface area contributed by atoms with Crippen molar-refractivity contribution in [2.24, 2.45) is 0 Å². The first kappa shape index (κ1) is 23.2. The van der Waals surface area contributed by atoms with Crippen molar-refractivity contribution in [3.8, 4) is 5.75 Å². The summed E-state index contributed by atoms with van der Waals surface area (Å²) in [6.07, 6.45) is -0.963. The minimum atomic E-state index is -6.16. The van der Waals surface area contributed by atoms with Gasteiger partial charge in [0.1, 0.15) is 12.3 Å². The molecule has 2 aromatic rings. The van der Waals surface area contributed by atoms with Gasteiger partial charge in [-0.25, -0.2) is 9.78 Å². The van der Waals surface area contributed by atoms with E-state index in [1.807, 2.05) is 0 Å². The Bertz CT molecular complexity index is 1150. The van der Waals surface area contributed by atoms with E-state index in [1.165, 1.54) is 4.90 Å². The van der Waals surface area contributed by atoms with Gasteiger partial charge in [-0.1, -0.05) is 30.3 Å². The maximum atomic E-state index is 12.8. The van der Waals surface area contributed by atoms with Crippen molar-refractivity contribution in [3.63, 3.8) is 0 Å². The average Bonchev–Trinajstić information content (AvgIpc) is 2.70. The fraction of sp³-hybridized carbons (Fsp3) is 0.333. The van der Waals surface area contributed by atoms with E-state index in [1.54, 1.807) is 30.3 Å². The number of hydrogen-bond acceptors (Lipinski definition) is 8. The topological polar surface area (TPSA) is 129 Å². The van der Waals surface area contributed by atoms with Crippen LogP contribution < -0.4 is 4.18 Å². The van der Waals surface area contributed by atoms with Gasteiger partial charge in [0, 0.05) is 12.1 Å². The van der Waals surface area contributed by atoms with E-state index in [0.717, 1.165) is 12.5 Å². The van der Waals surface area contributed by atoms with E-state index < -0.39 is 38.1 Å². The number of nitro groups is 1. The average molecular weight is 475 g/mol. The van der Waals surface area contributed by atoms with Gasteiger partial charge in [-0.3, -0.25) is 10.1 Å². The number of halogens is 3. The second kappa shape index (κ2) is 8.61. The highest BCUT2D eigenvalue weighted by atomic mass is 32.2. The third-order valence-corrected chi connectivity index (χ3v) is 5.53. The van der Waals surface area contributed by atoms with Crippen molar-refractivity contribution in [2.45, 2.75) is 32.0 Å². The molecule has 0 saturated heterocycles. The van der Waals surface area contributed by atoms with E-state index in [9.17, 15) is 36.5 Å². The number of benzene rings is 1. The molecule has 0 saturated carbocycles. The highest BCUT2D eigenvalue weighted by molar-refractivity contribution is 7.88. The molecule has 0 unspecified atom stereocenters. The zero-order valence-electron chi connectivity index (χ0n) is 16.5. The summed E-state index contributed by atoms with van der Waals surface area (Å²) in [5, 5.41) is 11.4. The number of rotatable bonds is 5. The molecule has 14 heteroatoms. The zero-order valence-corrected chi connectivity index (χ0v) is 17.3. The lowest BCUT2D eigenvalue weighted by molar-refractivity contribution is -0.386. The Kier molecular flexibility index (Phi) is 6.25. The lowest BCUT2D eigenvalue weighted by Crippen LogP contribution is -2.37. The summed E-state index contributed by atoms with van der Waals surface area (Å²) in [6.45, 7) is 0.737. The molecule has 0 spiro atoms. The Hall–Kier alpha value is -3.42. The predicted octanol–water partition coefficient (Wildman–Crippen LogP) is 3.22. The van der Waals surface area contributed by atoms with Gasteiger partial charge in [-0.15, -0.1) is 0 Å². The van der Waals surface area contributed by atoms with Gasteiger partial charge in [0.2, 0.25) is 5.75 Å². The molecular weight excluding hydrogens is 459 g/mol. The number of carbonyl (C=O) groups is 1. The predicted molar refractivity (Wildman–Crippen MR) is 102 cm³/mol. The number of aromatic nitrogens is 1. The standard InChI is InChI=1S/C18H16F3N3O7S/c1-11-15(24(26)27)16(31-32(28,29)18(19,20)21)13-7-8-23(9-14(13)22-11)17(25)30-10-12-5-3-2-4-6-12/h2-6H,7-10H2,1H3. The van der Waals surface area contributed by atoms with Crippen LogP contribution >= 0.6 is 0 Å². The van der Waals surface area contributed by atoms with Crippen LogP contribution in [0.1, 0.15) is 22.5 Å². The molecule has 0 radical (unpaired) electrons. The number of alkyl halides is 3. The first-order valence-electron chi connectivity index (χ1n) is 9.04. The molecular formula is C18H16F3N3O7S. The Labute approximate surface area is 179 Å². The van der Waals surface area contributed by atoms with E-state index in [2.05, 4.69) is 9.17 Å². The summed E-state index contributed by atoms with van der Waals surface area (Å²) in [7, 11) is -6.16. The van der Waals surface area contributed by atoms with E-state index >= 15 is 0 Å². The lowest BCUT2D eigenvalue weighted by atomic mass is 10.0. The number of aryl methyl sites for hydroxylation is 1. The van der Waals surface area contributed by atoms with Crippen LogP contribution in [0.4, 0.5) is 23.7 Å². The van der Waals surface area contributed by atoms with E-state index in [-0.39, 0.29) is 43.1 Å². The number of pyridine rings is 1. The normalized spacial score (nSPS) is 13.9. The monoisotopic (exact) mass is 475 g/mol. The summed E-state index contributed by atoms with van der Waals surface area (Å²) in [5.74, 6) is -1.05. The SMILES string of the molecule is Cc1nc2c(c(OS(=O)(=O)C(F)(F)F)c1[N+](=O)[O-])CCN(C(=O)OCc1ccccc1)C2. The van der Waals surface area contributed by atoms with Gasteiger partial charge >= 0.3 is 27.4 Å². The van der Waals surface area contributed by atoms with Gasteiger partial charge in [0.25, 0.3) is 0 Å². The molecule has 0 atom stereocenters. The van der Waals surface area contributed by atoms with Crippen molar-refractivity contribution in [1.29, 1.82) is 0 Å². The third kappa shape index (κ3) is 4.74. The smallest absolute Gasteiger partial charge is 0.445 e. The summed E-state index contributed by atoms with van der Waals surface area (Å²) in [4.78, 5) is 27.9. The van der Waals surface area contributed by atoms with Crippen LogP contribution in [0.5, 0.6) is 5.75 Å². The Morgan fingerprint density at radius 2 is 1.94 bits per heavy atom. The Morgan fingerprint density at radius 3 is 2.53 bits per heavy atom. The number of amides is 1. The van der Waals surface area contributed by atoms with Gasteiger partial charge in [0.15, 0.2) is 0 Å². The quantitative estimate of drug-likeness (QED) is 0.279. The third-order valence-electron chi connectivity index (χ3n) is 4.58. The highest BCUT2D eigenvalue weighted by Crippen LogP contribution is 2.40. The number of nitrogens with zero attached hydrogens (tertiary/aromatic N) is 3. The molecule has 1 aromatic heterocycles. The maximum Gasteiger partial charge on any atom is 0.534 e. The molecule has 1 amide bonds. The highest BCUT2D eigenvalue weighted by Gasteiger charge is 2.50. The van der Waals surface area contributed by atoms with Gasteiger partial charge < -0.3 is 13.8 Å². The number of fused-ring (bicyclic) bond motifs is 1. The number of carbonyl (C=O) groups excluding carboxylic acids is 1. The van der Waals surface area contributed by atoms with Gasteiger partial charge in [0.05, 0.1) is 17.2 Å². The van der Waals surface area contributed by atoms with Crippen molar-refractivity contribution in [3.05, 3.63) is 63.0 Å². The largest absolute Gasteiger partial charge is 0.534 e. The molecule has 172 valence electrons. The minimum Gasteiger partial charge on any atom is -0.445 e. The second-order valence-electron chi connectivity index (χ2n) is 6.75. The molecule has 10 nitrogen and oxygen atoms in total. The molecule has 3 rings (SSSR count). The van der Waals surface area contributed by atoms with Gasteiger partial charge in [-0.2, -0.15) is 21.6 Å². The summed E-state index contributed by atoms with van der Waals surface area (Å²) >= 11 is 0. The van der Waals surface area contributed by atoms with Crippen molar-refractivity contribution < 1.29 is 40.2 Å². The van der Waals surface area contributed by atoms with Crippen LogP contribution in [-0.2, 0) is 34.4 Å². The molecule has 2 heterocycles. The van der Waals surface area contributed by atoms with Crippen molar-refractivity contribution in [1.82, 2.24) is 9.88 Å². The number of hydrogen-bond donors (Lipinski definition) is 0. The summed E-state index contributed by atoms with van der Waals surface area (Å²) < 4.78 is 70.8. The number of ether oxygens (including phenoxy) is 1. The lowest BCUT2D eigenvalue weighted by Gasteiger charge is -2.28. The molecule has 0 bridgehead atoms. The molecule has 1 aliphatic rings. The Morgan fingerprint density at radius 1 is 1.28 bits per heavy atom. The zero-order chi connectivity index (χ0) is 23.7. The first-order chi connectivity index (χ1) is 14.9. The fourth-order valence-corrected chi connectivity index (χ4v) is 3.58. The van der Waals surface area contributed by atoms with Crippen LogP contribution in [0, 0.1) is 17.0 Å². The van der Waals surface area contributed by atoms with Crippen LogP contribution in [0.3, 0.4) is 0 Å². The summed E-state index contributed by atoms with van der Waals surface area (Å²) in [6, 6.07) is 8.80. The maximum absolute atomic E-state index is 12.8. The fourth-order valence-electron chi connectivity index (χ4n) is 3.08. The van der Waals surface area contributed by atoms with Crippen molar-refractivity contribution in [2.75, 3.05) is 6.54 Å². The van der Waals surface area contributed by atoms with Crippen LogP contribution in [0.25, 0.3) is 0 Å². The molecule has 0 aliphatic carbocycles. The second-order valence-corrected chi connectivity index (χ2v) is 8.29. The van der Waals surface area contributed by atoms with E-state index in [4.69, 9.17) is 4.74 Å². The van der Waals surface area contributed by atoms with E-state index in [0.29, 0.717) is 0 Å². The molecule has 32 heavy (non-hydrogen) atoms. The first-order valence-corrected chi connectivity index (χ1v) is 10.4. The molecule has 0 fully saturated rings. The summed E-state index contributed by atoms with van der Waals surface area (Å²) in [5.41, 5.74) is -6.62. The molecule has 1 aromatic carbocycles. The van der Waals surface area contributed by atoms with Crippen LogP contribution in [-0.4, -0.2) is 41.4 Å². The molecule has 0 N–H and O–H groups in total. The van der Waals surface area contributed by atoms with Gasteiger partial charge in [-0.05, 0) is 18.9 Å².